The summed E-state index contributed by atoms with van der Waals surface area (Å²) < 4.78 is 19.4. The Morgan fingerprint density at radius 1 is 1.38 bits per heavy atom. The van der Waals surface area contributed by atoms with Crippen LogP contribution in [-0.2, 0) is 14.3 Å². The van der Waals surface area contributed by atoms with Gasteiger partial charge in [-0.3, -0.25) is 9.59 Å². The van der Waals surface area contributed by atoms with Gasteiger partial charge < -0.3 is 15.0 Å². The maximum atomic E-state index is 14.2. The number of morpholine rings is 1. The number of carbonyl (C=O) groups excluding carboxylic acids is 2. The molecule has 0 aromatic heterocycles. The van der Waals surface area contributed by atoms with Crippen LogP contribution < -0.4 is 5.32 Å². The van der Waals surface area contributed by atoms with E-state index in [9.17, 15) is 19.2 Å². The van der Waals surface area contributed by atoms with E-state index >= 15 is 0 Å². The van der Waals surface area contributed by atoms with E-state index in [2.05, 4.69) is 11.4 Å². The van der Waals surface area contributed by atoms with E-state index in [0.717, 1.165) is 11.8 Å². The molecule has 3 rings (SSSR count). The molecule has 26 heavy (non-hydrogen) atoms. The molecule has 0 spiro atoms. The Morgan fingerprint density at radius 3 is 2.81 bits per heavy atom. The molecule has 2 heterocycles. The van der Waals surface area contributed by atoms with Crippen LogP contribution in [0.1, 0.15) is 17.9 Å². The lowest BCUT2D eigenvalue weighted by Crippen LogP contribution is -2.42. The van der Waals surface area contributed by atoms with Crippen molar-refractivity contribution >= 4 is 23.6 Å². The minimum absolute atomic E-state index is 0.00525. The molecule has 0 radical (unpaired) electrons. The van der Waals surface area contributed by atoms with Gasteiger partial charge in [0.1, 0.15) is 5.82 Å². The molecule has 1 N–H and O–H groups in total. The van der Waals surface area contributed by atoms with Crippen LogP contribution in [0.5, 0.6) is 0 Å². The van der Waals surface area contributed by atoms with Crippen molar-refractivity contribution < 1.29 is 18.7 Å². The van der Waals surface area contributed by atoms with Gasteiger partial charge in [-0.25, -0.2) is 4.39 Å². The Morgan fingerprint density at radius 2 is 2.12 bits per heavy atom. The van der Waals surface area contributed by atoms with Gasteiger partial charge >= 0.3 is 0 Å². The number of nitrogens with one attached hydrogen (secondary N) is 1. The number of allylic oxidation sites excluding steroid dienone is 1. The maximum Gasteiger partial charge on any atom is 0.233 e. The number of ether oxygens (including phenoxy) is 1. The highest BCUT2D eigenvalue weighted by Crippen LogP contribution is 2.36. The molecule has 0 bridgehead atoms. The van der Waals surface area contributed by atoms with Crippen molar-refractivity contribution in [3.05, 3.63) is 46.2 Å². The van der Waals surface area contributed by atoms with Gasteiger partial charge in [-0.05, 0) is 11.6 Å². The molecule has 2 amide bonds. The smallest absolute Gasteiger partial charge is 0.233 e. The van der Waals surface area contributed by atoms with E-state index in [1.165, 1.54) is 6.07 Å². The van der Waals surface area contributed by atoms with Crippen molar-refractivity contribution in [3.63, 3.8) is 0 Å². The summed E-state index contributed by atoms with van der Waals surface area (Å²) in [6.45, 7) is 2.09. The number of halogens is 1. The third kappa shape index (κ3) is 4.06. The lowest BCUT2D eigenvalue weighted by molar-refractivity contribution is -0.132. The zero-order chi connectivity index (χ0) is 18.5. The van der Waals surface area contributed by atoms with E-state index in [1.807, 2.05) is 0 Å². The summed E-state index contributed by atoms with van der Waals surface area (Å²) in [6.07, 6.45) is 0.00525. The lowest BCUT2D eigenvalue weighted by atomic mass is 9.87. The van der Waals surface area contributed by atoms with E-state index in [4.69, 9.17) is 4.74 Å². The van der Waals surface area contributed by atoms with Crippen molar-refractivity contribution in [1.82, 2.24) is 10.2 Å². The Kier molecular flexibility index (Phi) is 5.91. The molecule has 0 aliphatic carbocycles. The first-order valence-electron chi connectivity index (χ1n) is 8.27. The summed E-state index contributed by atoms with van der Waals surface area (Å²) >= 11 is 1.11. The molecule has 2 aliphatic rings. The Hall–Kier alpha value is -2.37. The maximum absolute atomic E-state index is 14.2. The first-order valence-corrected chi connectivity index (χ1v) is 9.25. The molecule has 1 fully saturated rings. The van der Waals surface area contributed by atoms with Crippen LogP contribution >= 0.6 is 11.8 Å². The number of amides is 2. The summed E-state index contributed by atoms with van der Waals surface area (Å²) in [5, 5.41) is 12.6. The monoisotopic (exact) mass is 375 g/mol. The predicted octanol–water partition coefficient (Wildman–Crippen LogP) is 1.76. The lowest BCUT2D eigenvalue weighted by Gasteiger charge is -2.28. The highest BCUT2D eigenvalue weighted by molar-refractivity contribution is 8.03. The van der Waals surface area contributed by atoms with Crippen molar-refractivity contribution in [2.75, 3.05) is 32.1 Å². The summed E-state index contributed by atoms with van der Waals surface area (Å²) in [7, 11) is 0. The molecule has 2 aliphatic heterocycles. The fraction of sp³-hybridized carbons (Fsp3) is 0.389. The Balaban J connectivity index is 1.79. The normalized spacial score (nSPS) is 20.5. The third-order valence-electron chi connectivity index (χ3n) is 4.34. The van der Waals surface area contributed by atoms with E-state index in [-0.39, 0.29) is 29.6 Å². The molecular weight excluding hydrogens is 357 g/mol. The zero-order valence-corrected chi connectivity index (χ0v) is 14.9. The number of rotatable bonds is 4. The van der Waals surface area contributed by atoms with Gasteiger partial charge in [0.15, 0.2) is 0 Å². The van der Waals surface area contributed by atoms with Crippen LogP contribution in [0.15, 0.2) is 34.9 Å². The minimum Gasteiger partial charge on any atom is -0.378 e. The van der Waals surface area contributed by atoms with Crippen molar-refractivity contribution in [2.45, 2.75) is 12.3 Å². The molecule has 1 atom stereocenters. The summed E-state index contributed by atoms with van der Waals surface area (Å²) in [6, 6.07) is 8.22. The van der Waals surface area contributed by atoms with Gasteiger partial charge in [-0.1, -0.05) is 30.0 Å². The first-order chi connectivity index (χ1) is 12.6. The van der Waals surface area contributed by atoms with Crippen LogP contribution in [0.2, 0.25) is 0 Å². The van der Waals surface area contributed by atoms with Gasteiger partial charge in [0, 0.05) is 25.4 Å². The Bertz CT molecular complexity index is 784. The second kappa shape index (κ2) is 8.34. The van der Waals surface area contributed by atoms with E-state index < -0.39 is 11.7 Å². The van der Waals surface area contributed by atoms with Crippen molar-refractivity contribution in [3.8, 4) is 6.07 Å². The molecule has 0 saturated carbocycles. The second-order valence-corrected chi connectivity index (χ2v) is 6.95. The molecule has 1 aromatic carbocycles. The van der Waals surface area contributed by atoms with E-state index in [0.29, 0.717) is 36.9 Å². The number of thioether (sulfide) groups is 1. The van der Waals surface area contributed by atoms with Gasteiger partial charge in [0.05, 0.1) is 35.6 Å². The highest BCUT2D eigenvalue weighted by atomic mass is 32.2. The van der Waals surface area contributed by atoms with Crippen molar-refractivity contribution in [2.24, 2.45) is 0 Å². The molecule has 0 unspecified atom stereocenters. The van der Waals surface area contributed by atoms with E-state index in [1.54, 1.807) is 23.1 Å². The number of carbonyl (C=O) groups is 2. The molecule has 8 heteroatoms. The number of nitriles is 1. The average Bonchev–Trinajstić information content (AvgIpc) is 2.66. The standard InChI is InChI=1S/C18H18FN3O3S/c19-15-4-2-1-3-12(15)13-9-16(23)21-18(14(13)10-20)26-11-17(24)22-5-7-25-8-6-22/h1-4,13H,5-9,11H2,(H,21,23)/t13-/m1/s1. The highest BCUT2D eigenvalue weighted by Gasteiger charge is 2.31. The van der Waals surface area contributed by atoms with Gasteiger partial charge in [-0.15, -0.1) is 0 Å². The van der Waals surface area contributed by atoms with Gasteiger partial charge in [0.2, 0.25) is 11.8 Å². The topological polar surface area (TPSA) is 82.4 Å². The number of hydrogen-bond donors (Lipinski definition) is 1. The summed E-state index contributed by atoms with van der Waals surface area (Å²) in [4.78, 5) is 26.1. The second-order valence-electron chi connectivity index (χ2n) is 5.96. The largest absolute Gasteiger partial charge is 0.378 e. The summed E-state index contributed by atoms with van der Waals surface area (Å²) in [5.74, 6) is -1.36. The van der Waals surface area contributed by atoms with Crippen LogP contribution in [0.4, 0.5) is 4.39 Å². The van der Waals surface area contributed by atoms with Gasteiger partial charge in [0.25, 0.3) is 0 Å². The van der Waals surface area contributed by atoms with Crippen LogP contribution in [-0.4, -0.2) is 48.8 Å². The molecule has 1 saturated heterocycles. The van der Waals surface area contributed by atoms with Crippen LogP contribution in [0.25, 0.3) is 0 Å². The fourth-order valence-corrected chi connectivity index (χ4v) is 3.97. The third-order valence-corrected chi connectivity index (χ3v) is 5.34. The fourth-order valence-electron chi connectivity index (χ4n) is 2.99. The van der Waals surface area contributed by atoms with Crippen molar-refractivity contribution in [1.29, 1.82) is 5.26 Å². The quantitative estimate of drug-likeness (QED) is 0.867. The minimum atomic E-state index is -0.643. The zero-order valence-electron chi connectivity index (χ0n) is 14.0. The molecule has 136 valence electrons. The molecular formula is C18H18FN3O3S. The van der Waals surface area contributed by atoms with Crippen LogP contribution in [0.3, 0.4) is 0 Å². The average molecular weight is 375 g/mol. The SMILES string of the molecule is N#CC1=C(SCC(=O)N2CCOCC2)NC(=O)C[C@@H]1c1ccccc1F. The van der Waals surface area contributed by atoms with Gasteiger partial charge in [-0.2, -0.15) is 5.26 Å². The predicted molar refractivity (Wildman–Crippen MR) is 94.4 cm³/mol. The first kappa shape index (κ1) is 18.4. The van der Waals surface area contributed by atoms with Crippen LogP contribution in [0, 0.1) is 17.1 Å². The number of hydrogen-bond acceptors (Lipinski definition) is 5. The molecule has 6 nitrogen and oxygen atoms in total. The Labute approximate surface area is 155 Å². The molecule has 1 aromatic rings. The number of nitrogens with zero attached hydrogens (tertiary/aromatic N) is 2. The summed E-state index contributed by atoms with van der Waals surface area (Å²) in [5.41, 5.74) is 0.603. The number of benzene rings is 1.